The van der Waals surface area contributed by atoms with Crippen LogP contribution in [0.3, 0.4) is 0 Å². The van der Waals surface area contributed by atoms with Crippen molar-refractivity contribution >= 4 is 5.97 Å². The van der Waals surface area contributed by atoms with Gasteiger partial charge in [0, 0.05) is 20.0 Å². The van der Waals surface area contributed by atoms with Gasteiger partial charge in [-0.25, -0.2) is 0 Å². The molecule has 5 atom stereocenters. The van der Waals surface area contributed by atoms with Crippen molar-refractivity contribution in [3.05, 3.63) is 0 Å². The summed E-state index contributed by atoms with van der Waals surface area (Å²) in [5.41, 5.74) is 0. The Hall–Kier alpha value is -0.650. The predicted molar refractivity (Wildman–Crippen MR) is 56.7 cm³/mol. The molecular formula is C11H20O5. The van der Waals surface area contributed by atoms with E-state index in [9.17, 15) is 9.90 Å². The third kappa shape index (κ3) is 2.72. The molecule has 1 heterocycles. The molecule has 1 rings (SSSR count). The van der Waals surface area contributed by atoms with E-state index >= 15 is 0 Å². The highest BCUT2D eigenvalue weighted by Crippen LogP contribution is 2.30. The van der Waals surface area contributed by atoms with Gasteiger partial charge in [0.1, 0.15) is 12.2 Å². The maximum absolute atomic E-state index is 11.0. The molecule has 5 nitrogen and oxygen atoms in total. The van der Waals surface area contributed by atoms with Crippen molar-refractivity contribution < 1.29 is 24.1 Å². The number of hydrogen-bond donors (Lipinski definition) is 1. The topological polar surface area (TPSA) is 65.0 Å². The van der Waals surface area contributed by atoms with Crippen LogP contribution < -0.4 is 0 Å². The lowest BCUT2D eigenvalue weighted by Gasteiger charge is -2.42. The van der Waals surface area contributed by atoms with Crippen LogP contribution in [0.1, 0.15) is 27.2 Å². The second-order valence-electron chi connectivity index (χ2n) is 4.11. The molecule has 1 aliphatic heterocycles. The number of ether oxygens (including phenoxy) is 3. The van der Waals surface area contributed by atoms with Crippen molar-refractivity contribution in [3.8, 4) is 0 Å². The minimum atomic E-state index is -0.938. The molecule has 1 aliphatic rings. The highest BCUT2D eigenvalue weighted by atomic mass is 16.7. The van der Waals surface area contributed by atoms with Crippen molar-refractivity contribution in [1.29, 1.82) is 0 Å². The van der Waals surface area contributed by atoms with Gasteiger partial charge in [-0.3, -0.25) is 4.79 Å². The van der Waals surface area contributed by atoms with Crippen LogP contribution in [0, 0.1) is 5.92 Å². The quantitative estimate of drug-likeness (QED) is 0.725. The molecule has 0 aromatic heterocycles. The Labute approximate surface area is 95.7 Å². The van der Waals surface area contributed by atoms with Crippen LogP contribution in [-0.4, -0.2) is 42.8 Å². The third-order valence-electron chi connectivity index (χ3n) is 2.97. The number of esters is 1. The Bertz CT molecular complexity index is 227. The van der Waals surface area contributed by atoms with Crippen molar-refractivity contribution in [2.75, 3.05) is 7.11 Å². The van der Waals surface area contributed by atoms with Crippen LogP contribution >= 0.6 is 0 Å². The number of carbonyl (C=O) groups excluding carboxylic acids is 1. The molecule has 1 unspecified atom stereocenters. The van der Waals surface area contributed by atoms with E-state index in [4.69, 9.17) is 14.2 Å². The third-order valence-corrected chi connectivity index (χ3v) is 2.97. The maximum Gasteiger partial charge on any atom is 0.303 e. The highest BCUT2D eigenvalue weighted by Gasteiger charge is 2.44. The monoisotopic (exact) mass is 232 g/mol. The lowest BCUT2D eigenvalue weighted by atomic mass is 9.89. The fraction of sp³-hybridized carbons (Fsp3) is 0.909. The van der Waals surface area contributed by atoms with Crippen LogP contribution in [-0.2, 0) is 19.0 Å². The Morgan fingerprint density at radius 2 is 2.12 bits per heavy atom. The first-order valence-corrected chi connectivity index (χ1v) is 5.54. The van der Waals surface area contributed by atoms with Crippen molar-refractivity contribution in [1.82, 2.24) is 0 Å². The summed E-state index contributed by atoms with van der Waals surface area (Å²) < 4.78 is 15.7. The Balaban J connectivity index is 2.79. The van der Waals surface area contributed by atoms with Crippen molar-refractivity contribution in [2.45, 2.75) is 51.8 Å². The van der Waals surface area contributed by atoms with E-state index in [1.807, 2.05) is 13.8 Å². The smallest absolute Gasteiger partial charge is 0.303 e. The number of methoxy groups -OCH3 is 1. The van der Waals surface area contributed by atoms with Gasteiger partial charge in [0.25, 0.3) is 0 Å². The second kappa shape index (κ2) is 5.61. The Kier molecular flexibility index (Phi) is 4.70. The zero-order valence-electron chi connectivity index (χ0n) is 10.2. The fourth-order valence-corrected chi connectivity index (χ4v) is 2.09. The second-order valence-corrected chi connectivity index (χ2v) is 4.11. The van der Waals surface area contributed by atoms with Gasteiger partial charge in [0.05, 0.1) is 6.10 Å². The molecular weight excluding hydrogens is 212 g/mol. The summed E-state index contributed by atoms with van der Waals surface area (Å²) in [5, 5.41) is 9.93. The van der Waals surface area contributed by atoms with Crippen LogP contribution in [0.2, 0.25) is 0 Å². The zero-order chi connectivity index (χ0) is 12.3. The van der Waals surface area contributed by atoms with Gasteiger partial charge in [-0.15, -0.1) is 0 Å². The van der Waals surface area contributed by atoms with Crippen LogP contribution in [0.5, 0.6) is 0 Å². The largest absolute Gasteiger partial charge is 0.459 e. The molecule has 16 heavy (non-hydrogen) atoms. The van der Waals surface area contributed by atoms with Crippen molar-refractivity contribution in [3.63, 3.8) is 0 Å². The van der Waals surface area contributed by atoms with E-state index in [1.165, 1.54) is 14.0 Å². The molecule has 5 heteroatoms. The van der Waals surface area contributed by atoms with Gasteiger partial charge in [-0.2, -0.15) is 0 Å². The Morgan fingerprint density at radius 3 is 2.56 bits per heavy atom. The highest BCUT2D eigenvalue weighted by molar-refractivity contribution is 5.66. The summed E-state index contributed by atoms with van der Waals surface area (Å²) in [7, 11) is 1.46. The first-order chi connectivity index (χ1) is 7.51. The van der Waals surface area contributed by atoms with Crippen LogP contribution in [0.4, 0.5) is 0 Å². The standard InChI is InChI=1S/C11H20O5/c1-5-8-6(2)10(15-7(3)12)9(13)11(14-4)16-8/h6,8-11,13H,5H2,1-4H3/t6-,8+,9+,10-,11?/m0/s1. The average Bonchev–Trinajstić information content (AvgIpc) is 2.24. The number of aliphatic hydroxyl groups is 1. The molecule has 94 valence electrons. The summed E-state index contributed by atoms with van der Waals surface area (Å²) in [6, 6.07) is 0. The molecule has 0 bridgehead atoms. The van der Waals surface area contributed by atoms with Gasteiger partial charge < -0.3 is 19.3 Å². The first kappa shape index (κ1) is 13.4. The maximum atomic E-state index is 11.0. The van der Waals surface area contributed by atoms with E-state index < -0.39 is 24.5 Å². The van der Waals surface area contributed by atoms with E-state index in [-0.39, 0.29) is 12.0 Å². The van der Waals surface area contributed by atoms with Gasteiger partial charge in [-0.1, -0.05) is 13.8 Å². The van der Waals surface area contributed by atoms with Gasteiger partial charge >= 0.3 is 5.97 Å². The molecule has 0 aliphatic carbocycles. The van der Waals surface area contributed by atoms with Gasteiger partial charge in [0.2, 0.25) is 0 Å². The van der Waals surface area contributed by atoms with E-state index in [0.29, 0.717) is 0 Å². The van der Waals surface area contributed by atoms with E-state index in [0.717, 1.165) is 6.42 Å². The number of carbonyl (C=O) groups is 1. The molecule has 0 aromatic rings. The van der Waals surface area contributed by atoms with Gasteiger partial charge in [0.15, 0.2) is 6.29 Å². The number of hydrogen-bond acceptors (Lipinski definition) is 5. The number of rotatable bonds is 3. The van der Waals surface area contributed by atoms with Crippen LogP contribution in [0.25, 0.3) is 0 Å². The minimum Gasteiger partial charge on any atom is -0.459 e. The van der Waals surface area contributed by atoms with E-state index in [1.54, 1.807) is 0 Å². The molecule has 0 radical (unpaired) electrons. The summed E-state index contributed by atoms with van der Waals surface area (Å²) >= 11 is 0. The molecule has 0 aromatic carbocycles. The predicted octanol–water partition coefficient (Wildman–Crippen LogP) is 0.696. The summed E-state index contributed by atoms with van der Waals surface area (Å²) in [6.07, 6.45) is -1.53. The van der Waals surface area contributed by atoms with Crippen molar-refractivity contribution in [2.24, 2.45) is 5.92 Å². The lowest BCUT2D eigenvalue weighted by molar-refractivity contribution is -0.279. The minimum absolute atomic E-state index is 0.0460. The lowest BCUT2D eigenvalue weighted by Crippen LogP contribution is -2.55. The average molecular weight is 232 g/mol. The Morgan fingerprint density at radius 1 is 1.50 bits per heavy atom. The molecule has 1 fully saturated rings. The number of aliphatic hydroxyl groups excluding tert-OH is 1. The molecule has 0 saturated carbocycles. The normalized spacial score (nSPS) is 39.4. The summed E-state index contributed by atoms with van der Waals surface area (Å²) in [6.45, 7) is 5.21. The molecule has 0 amide bonds. The molecule has 0 spiro atoms. The fourth-order valence-electron chi connectivity index (χ4n) is 2.09. The summed E-state index contributed by atoms with van der Waals surface area (Å²) in [5.74, 6) is -0.446. The van der Waals surface area contributed by atoms with Gasteiger partial charge in [-0.05, 0) is 6.42 Å². The zero-order valence-corrected chi connectivity index (χ0v) is 10.2. The summed E-state index contributed by atoms with van der Waals surface area (Å²) in [4.78, 5) is 11.0. The molecule has 1 saturated heterocycles. The SMILES string of the molecule is CC[C@H]1OC(OC)[C@H](O)[C@@H](OC(C)=O)[C@H]1C. The molecule has 1 N–H and O–H groups in total. The van der Waals surface area contributed by atoms with E-state index in [2.05, 4.69) is 0 Å². The first-order valence-electron chi connectivity index (χ1n) is 5.54. The van der Waals surface area contributed by atoms with Crippen LogP contribution in [0.15, 0.2) is 0 Å².